The fourth-order valence-corrected chi connectivity index (χ4v) is 15.3. The second-order valence-corrected chi connectivity index (χ2v) is 25.3. The molecule has 0 spiro atoms. The molecule has 6 aliphatic carbocycles. The van der Waals surface area contributed by atoms with E-state index in [0.29, 0.717) is 37.6 Å². The summed E-state index contributed by atoms with van der Waals surface area (Å²) in [5.41, 5.74) is 0.579. The van der Waals surface area contributed by atoms with Gasteiger partial charge in [0, 0.05) is 23.8 Å². The number of fused-ring (bicyclic) bond motifs is 7. The Hall–Kier alpha value is -3.69. The number of esters is 2. The van der Waals surface area contributed by atoms with Gasteiger partial charge in [-0.05, 0) is 155 Å². The van der Waals surface area contributed by atoms with E-state index in [1.807, 2.05) is 44.2 Å². The first-order chi connectivity index (χ1) is 30.0. The van der Waals surface area contributed by atoms with Gasteiger partial charge < -0.3 is 24.8 Å². The van der Waals surface area contributed by atoms with E-state index in [0.717, 1.165) is 62.5 Å². The number of hydrogen-bond acceptors (Lipinski definition) is 8. The molecule has 5 saturated carbocycles. The highest BCUT2D eigenvalue weighted by Crippen LogP contribution is 2.77. The number of ether oxygens (including phenoxy) is 3. The molecule has 0 aliphatic heterocycles. The predicted octanol–water partition coefficient (Wildman–Crippen LogP) is 11.1. The van der Waals surface area contributed by atoms with Gasteiger partial charge >= 0.3 is 18.0 Å². The molecule has 10 heteroatoms. The molecular formula is C55H82N2O8. The van der Waals surface area contributed by atoms with Crippen LogP contribution in [0.4, 0.5) is 4.79 Å². The third kappa shape index (κ3) is 8.39. The van der Waals surface area contributed by atoms with Crippen LogP contribution in [0.5, 0.6) is 0 Å². The summed E-state index contributed by atoms with van der Waals surface area (Å²) < 4.78 is 17.7. The van der Waals surface area contributed by atoms with Crippen LogP contribution >= 0.6 is 0 Å². The molecule has 2 N–H and O–H groups in total. The van der Waals surface area contributed by atoms with Crippen LogP contribution in [0.25, 0.3) is 0 Å². The molecule has 1 aromatic carbocycles. The Kier molecular flexibility index (Phi) is 12.7. The summed E-state index contributed by atoms with van der Waals surface area (Å²) in [6.45, 7) is 30.1. The van der Waals surface area contributed by atoms with Gasteiger partial charge in [0.05, 0.1) is 11.8 Å². The number of amides is 2. The van der Waals surface area contributed by atoms with Gasteiger partial charge in [-0.15, -0.1) is 0 Å². The molecule has 1 aromatic rings. The highest BCUT2D eigenvalue weighted by atomic mass is 16.6. The van der Waals surface area contributed by atoms with E-state index in [2.05, 4.69) is 59.1 Å². The van der Waals surface area contributed by atoms with Gasteiger partial charge in [0.15, 0.2) is 5.78 Å². The number of carbonyl (C=O) groups excluding carboxylic acids is 5. The normalized spacial score (nSPS) is 36.0. The monoisotopic (exact) mass is 899 g/mol. The molecule has 65 heavy (non-hydrogen) atoms. The van der Waals surface area contributed by atoms with E-state index in [9.17, 15) is 24.0 Å². The number of carbonyl (C=O) groups is 5. The first kappa shape index (κ1) is 49.2. The van der Waals surface area contributed by atoms with E-state index >= 15 is 0 Å². The summed E-state index contributed by atoms with van der Waals surface area (Å²) in [6.07, 6.45) is 8.91. The average Bonchev–Trinajstić information content (AvgIpc) is 3.49. The van der Waals surface area contributed by atoms with E-state index in [4.69, 9.17) is 14.2 Å². The van der Waals surface area contributed by atoms with Gasteiger partial charge in [-0.25, -0.2) is 4.79 Å². The SMILES string of the molecule is CC(C)C1=C2[C@H]3CC[C@@H]4[C@@]5(C)CC[C@H](OC(=O)[C@H]6C[C@@H](C(=O)OCc7ccccc7)C6(C)C)C(C)(C)[C@@H]5CC[C@@]4(C)[C@]3(C)CC[C@@]2(CCNC(=O)C(C)(C)NC(=O)OC(C)(C)C)CC1=O. The molecule has 2 amide bonds. The fourth-order valence-electron chi connectivity index (χ4n) is 15.3. The number of benzene rings is 1. The molecular weight excluding hydrogens is 817 g/mol. The molecule has 360 valence electrons. The van der Waals surface area contributed by atoms with Crippen molar-refractivity contribution in [2.24, 2.45) is 68.0 Å². The molecule has 10 nitrogen and oxygen atoms in total. The lowest BCUT2D eigenvalue weighted by atomic mass is 9.33. The molecule has 10 atom stereocenters. The minimum absolute atomic E-state index is 0.00187. The van der Waals surface area contributed by atoms with Crippen molar-refractivity contribution in [3.63, 3.8) is 0 Å². The summed E-state index contributed by atoms with van der Waals surface area (Å²) in [5.74, 6) is 0.176. The molecule has 0 unspecified atom stereocenters. The number of hydrogen-bond donors (Lipinski definition) is 2. The van der Waals surface area contributed by atoms with Crippen molar-refractivity contribution in [2.45, 2.75) is 191 Å². The van der Waals surface area contributed by atoms with Crippen molar-refractivity contribution in [1.82, 2.24) is 10.6 Å². The molecule has 0 bridgehead atoms. The number of nitrogens with one attached hydrogen (secondary N) is 2. The van der Waals surface area contributed by atoms with Crippen LogP contribution in [0.15, 0.2) is 41.5 Å². The minimum atomic E-state index is -1.17. The minimum Gasteiger partial charge on any atom is -0.462 e. The first-order valence-corrected chi connectivity index (χ1v) is 25.0. The number of Topliss-reactive ketones (excluding diaryl/α,β-unsaturated/α-hetero) is 1. The van der Waals surface area contributed by atoms with Crippen molar-refractivity contribution < 1.29 is 38.2 Å². The highest BCUT2D eigenvalue weighted by Gasteiger charge is 2.70. The Bertz CT molecular complexity index is 2080. The lowest BCUT2D eigenvalue weighted by molar-refractivity contribution is -0.236. The zero-order valence-electron chi connectivity index (χ0n) is 42.4. The lowest BCUT2D eigenvalue weighted by Crippen LogP contribution is -2.66. The third-order valence-electron chi connectivity index (χ3n) is 19.1. The summed E-state index contributed by atoms with van der Waals surface area (Å²) in [7, 11) is 0. The zero-order chi connectivity index (χ0) is 47.9. The van der Waals surface area contributed by atoms with Crippen LogP contribution in [0.2, 0.25) is 0 Å². The summed E-state index contributed by atoms with van der Waals surface area (Å²) in [4.78, 5) is 67.6. The topological polar surface area (TPSA) is 137 Å². The van der Waals surface area contributed by atoms with Gasteiger partial charge in [0.2, 0.25) is 5.91 Å². The molecule has 5 fully saturated rings. The second kappa shape index (κ2) is 16.8. The van der Waals surface area contributed by atoms with E-state index in [1.54, 1.807) is 34.6 Å². The summed E-state index contributed by atoms with van der Waals surface area (Å²) in [5, 5.41) is 5.88. The first-order valence-electron chi connectivity index (χ1n) is 25.0. The van der Waals surface area contributed by atoms with Gasteiger partial charge in [0.25, 0.3) is 0 Å². The molecule has 0 radical (unpaired) electrons. The van der Waals surface area contributed by atoms with Gasteiger partial charge in [-0.2, -0.15) is 0 Å². The Morgan fingerprint density at radius 3 is 2.06 bits per heavy atom. The van der Waals surface area contributed by atoms with Gasteiger partial charge in [-0.1, -0.05) is 98.2 Å². The zero-order valence-corrected chi connectivity index (χ0v) is 42.4. The van der Waals surface area contributed by atoms with Gasteiger partial charge in [0.1, 0.15) is 23.9 Å². The lowest BCUT2D eigenvalue weighted by Gasteiger charge is -2.72. The van der Waals surface area contributed by atoms with Crippen LogP contribution in [-0.2, 0) is 40.0 Å². The molecule has 6 aliphatic rings. The predicted molar refractivity (Wildman–Crippen MR) is 252 cm³/mol. The quantitative estimate of drug-likeness (QED) is 0.165. The van der Waals surface area contributed by atoms with Crippen molar-refractivity contribution in [2.75, 3.05) is 6.54 Å². The number of allylic oxidation sites excluding steroid dienone is 2. The van der Waals surface area contributed by atoms with Gasteiger partial charge in [-0.3, -0.25) is 19.2 Å². The average molecular weight is 899 g/mol. The maximum Gasteiger partial charge on any atom is 0.408 e. The Morgan fingerprint density at radius 2 is 1.43 bits per heavy atom. The van der Waals surface area contributed by atoms with E-state index in [1.165, 1.54) is 5.57 Å². The van der Waals surface area contributed by atoms with E-state index < -0.39 is 22.6 Å². The number of alkyl carbamates (subject to hydrolysis) is 1. The highest BCUT2D eigenvalue weighted by molar-refractivity contribution is 6.00. The smallest absolute Gasteiger partial charge is 0.408 e. The number of rotatable bonds is 11. The Morgan fingerprint density at radius 1 is 0.769 bits per heavy atom. The molecule has 0 heterocycles. The Labute approximate surface area is 390 Å². The number of ketones is 1. The maximum absolute atomic E-state index is 14.2. The van der Waals surface area contributed by atoms with Crippen LogP contribution in [-0.4, -0.2) is 53.5 Å². The maximum atomic E-state index is 14.2. The molecule has 7 rings (SSSR count). The molecule has 0 saturated heterocycles. The van der Waals surface area contributed by atoms with E-state index in [-0.39, 0.29) is 87.1 Å². The van der Waals surface area contributed by atoms with Crippen molar-refractivity contribution in [1.29, 1.82) is 0 Å². The largest absolute Gasteiger partial charge is 0.462 e. The third-order valence-corrected chi connectivity index (χ3v) is 19.1. The fraction of sp³-hybridized carbons (Fsp3) is 0.764. The van der Waals surface area contributed by atoms with Crippen LogP contribution in [0.3, 0.4) is 0 Å². The van der Waals surface area contributed by atoms with Crippen molar-refractivity contribution in [3.8, 4) is 0 Å². The van der Waals surface area contributed by atoms with Crippen molar-refractivity contribution >= 4 is 29.7 Å². The second-order valence-electron chi connectivity index (χ2n) is 25.3. The molecule has 0 aromatic heterocycles. The standard InChI is InChI=1S/C55H82N2O8/c1-33(2)42-38(58)31-55(28-29-56-46(61)51(10,11)57-47(62)65-48(3,4)5)27-26-53(13)35(43(42)55)20-21-40-52(12)24-23-41(50(8,9)39(52)22-25-54(40,53)14)64-45(60)37-30-36(49(37,6)7)44(59)63-32-34-18-16-15-17-19-34/h15-19,33,35-37,39-41H,20-32H2,1-14H3,(H,56,61)(H,57,62)/t35-,36+,37-,39+,40-,41+,52+,53-,54-,55-/m1/s1. The van der Waals surface area contributed by atoms with Crippen LogP contribution < -0.4 is 10.6 Å². The Balaban J connectivity index is 1.04. The summed E-state index contributed by atoms with van der Waals surface area (Å²) >= 11 is 0. The van der Waals surface area contributed by atoms with Crippen LogP contribution in [0.1, 0.15) is 173 Å². The van der Waals surface area contributed by atoms with Crippen LogP contribution in [0, 0.1) is 68.0 Å². The summed E-state index contributed by atoms with van der Waals surface area (Å²) in [6, 6.07) is 9.69. The van der Waals surface area contributed by atoms with Crippen molar-refractivity contribution in [3.05, 3.63) is 47.0 Å².